The molecule has 1 aromatic carbocycles. The monoisotopic (exact) mass is 353 g/mol. The number of hydrogen-bond donors (Lipinski definition) is 2. The fourth-order valence-corrected chi connectivity index (χ4v) is 3.11. The van der Waals surface area contributed by atoms with Crippen LogP contribution in [0.4, 0.5) is 0 Å². The van der Waals surface area contributed by atoms with Crippen molar-refractivity contribution in [3.05, 3.63) is 64.9 Å². The minimum absolute atomic E-state index is 0.235. The fraction of sp³-hybridized carbons (Fsp3) is 0.200. The Bertz CT molecular complexity index is 767. The maximum absolute atomic E-state index is 11.9. The molecule has 0 saturated carbocycles. The van der Waals surface area contributed by atoms with Crippen molar-refractivity contribution in [3.8, 4) is 0 Å². The second kappa shape index (κ2) is 8.05. The van der Waals surface area contributed by atoms with E-state index in [0.29, 0.717) is 16.3 Å². The highest BCUT2D eigenvalue weighted by Gasteiger charge is 2.13. The van der Waals surface area contributed by atoms with Crippen molar-refractivity contribution in [2.45, 2.75) is 12.3 Å². The molecule has 0 bridgehead atoms. The number of carbonyl (C=O) groups excluding carboxylic acids is 1. The first-order valence-corrected chi connectivity index (χ1v) is 8.86. The standard InChI is InChI=1S/C15H16ClN3O3S/c16-13-5-3-4-12(8-13)11-23(21,22)19-10-15(20)18-9-14-6-1-2-7-17-14/h1-8,19H,9-11H2,(H,18,20). The second-order valence-electron chi connectivity index (χ2n) is 4.81. The van der Waals surface area contributed by atoms with Gasteiger partial charge in [-0.25, -0.2) is 13.1 Å². The summed E-state index contributed by atoms with van der Waals surface area (Å²) in [6, 6.07) is 11.9. The summed E-state index contributed by atoms with van der Waals surface area (Å²) in [6.45, 7) is -0.0779. The molecule has 1 amide bonds. The molecule has 1 heterocycles. The first-order valence-electron chi connectivity index (χ1n) is 6.83. The summed E-state index contributed by atoms with van der Waals surface area (Å²) in [7, 11) is -3.61. The average molecular weight is 354 g/mol. The zero-order valence-electron chi connectivity index (χ0n) is 12.2. The van der Waals surface area contributed by atoms with Crippen LogP contribution in [0.1, 0.15) is 11.3 Å². The number of sulfonamides is 1. The molecule has 122 valence electrons. The van der Waals surface area contributed by atoms with Crippen molar-refractivity contribution in [2.24, 2.45) is 0 Å². The van der Waals surface area contributed by atoms with E-state index >= 15 is 0 Å². The highest BCUT2D eigenvalue weighted by Crippen LogP contribution is 2.12. The topological polar surface area (TPSA) is 88.2 Å². The predicted octanol–water partition coefficient (Wildman–Crippen LogP) is 1.47. The van der Waals surface area contributed by atoms with Gasteiger partial charge in [-0.05, 0) is 29.8 Å². The maximum Gasteiger partial charge on any atom is 0.235 e. The Hall–Kier alpha value is -1.96. The highest BCUT2D eigenvalue weighted by atomic mass is 35.5. The van der Waals surface area contributed by atoms with Crippen LogP contribution in [0.5, 0.6) is 0 Å². The van der Waals surface area contributed by atoms with Gasteiger partial charge in [0.2, 0.25) is 15.9 Å². The van der Waals surface area contributed by atoms with Crippen LogP contribution in [-0.2, 0) is 27.1 Å². The average Bonchev–Trinajstić information content (AvgIpc) is 2.52. The molecule has 1 aromatic heterocycles. The molecule has 0 spiro atoms. The van der Waals surface area contributed by atoms with Gasteiger partial charge < -0.3 is 5.32 Å². The van der Waals surface area contributed by atoms with Gasteiger partial charge in [-0.2, -0.15) is 0 Å². The van der Waals surface area contributed by atoms with Crippen molar-refractivity contribution in [1.82, 2.24) is 15.0 Å². The summed E-state index contributed by atoms with van der Waals surface area (Å²) < 4.78 is 26.1. The minimum Gasteiger partial charge on any atom is -0.349 e. The van der Waals surface area contributed by atoms with Crippen LogP contribution in [0, 0.1) is 0 Å². The third-order valence-electron chi connectivity index (χ3n) is 2.89. The number of benzene rings is 1. The lowest BCUT2D eigenvalue weighted by Gasteiger charge is -2.08. The highest BCUT2D eigenvalue weighted by molar-refractivity contribution is 7.88. The van der Waals surface area contributed by atoms with Gasteiger partial charge in [0.15, 0.2) is 0 Å². The lowest BCUT2D eigenvalue weighted by molar-refractivity contribution is -0.120. The van der Waals surface area contributed by atoms with Crippen LogP contribution in [-0.4, -0.2) is 25.9 Å². The Labute approximate surface area is 139 Å². The van der Waals surface area contributed by atoms with E-state index in [2.05, 4.69) is 15.0 Å². The first kappa shape index (κ1) is 17.4. The largest absolute Gasteiger partial charge is 0.349 e. The lowest BCUT2D eigenvalue weighted by Crippen LogP contribution is -2.37. The summed E-state index contributed by atoms with van der Waals surface area (Å²) in [5.74, 6) is -0.661. The molecule has 6 nitrogen and oxygen atoms in total. The normalized spacial score (nSPS) is 11.2. The molecule has 2 N–H and O–H groups in total. The summed E-state index contributed by atoms with van der Waals surface area (Å²) in [6.07, 6.45) is 1.62. The van der Waals surface area contributed by atoms with Crippen molar-refractivity contribution in [3.63, 3.8) is 0 Å². The summed E-state index contributed by atoms with van der Waals surface area (Å²) in [4.78, 5) is 15.7. The molecule has 8 heteroatoms. The second-order valence-corrected chi connectivity index (χ2v) is 7.05. The van der Waals surface area contributed by atoms with E-state index in [4.69, 9.17) is 11.6 Å². The lowest BCUT2D eigenvalue weighted by atomic mass is 10.2. The maximum atomic E-state index is 11.9. The molecular formula is C15H16ClN3O3S. The Kier molecular flexibility index (Phi) is 6.09. The first-order chi connectivity index (χ1) is 10.9. The van der Waals surface area contributed by atoms with Crippen LogP contribution in [0.25, 0.3) is 0 Å². The molecular weight excluding hydrogens is 338 g/mol. The van der Waals surface area contributed by atoms with Crippen molar-refractivity contribution in [1.29, 1.82) is 0 Å². The van der Waals surface area contributed by atoms with Gasteiger partial charge in [0.1, 0.15) is 0 Å². The number of carbonyl (C=O) groups is 1. The van der Waals surface area contributed by atoms with Crippen molar-refractivity contribution in [2.75, 3.05) is 6.54 Å². The van der Waals surface area contributed by atoms with Gasteiger partial charge in [-0.15, -0.1) is 0 Å². The Morgan fingerprint density at radius 2 is 2.00 bits per heavy atom. The zero-order chi connectivity index (χ0) is 16.7. The number of nitrogens with one attached hydrogen (secondary N) is 2. The van der Waals surface area contributed by atoms with Crippen LogP contribution in [0.15, 0.2) is 48.7 Å². The van der Waals surface area contributed by atoms with E-state index in [9.17, 15) is 13.2 Å². The molecule has 0 radical (unpaired) electrons. The molecule has 2 aromatic rings. The molecule has 0 aliphatic rings. The number of aromatic nitrogens is 1. The molecule has 0 fully saturated rings. The number of nitrogens with zero attached hydrogens (tertiary/aromatic N) is 1. The van der Waals surface area contributed by atoms with Gasteiger partial charge in [-0.3, -0.25) is 9.78 Å². The van der Waals surface area contributed by atoms with E-state index in [1.807, 2.05) is 6.07 Å². The summed E-state index contributed by atoms with van der Waals surface area (Å²) in [5, 5.41) is 3.06. The number of rotatable bonds is 7. The zero-order valence-corrected chi connectivity index (χ0v) is 13.8. The Morgan fingerprint density at radius 3 is 2.70 bits per heavy atom. The molecule has 23 heavy (non-hydrogen) atoms. The smallest absolute Gasteiger partial charge is 0.235 e. The molecule has 0 unspecified atom stereocenters. The number of pyridine rings is 1. The van der Waals surface area contributed by atoms with E-state index < -0.39 is 15.9 Å². The van der Waals surface area contributed by atoms with Gasteiger partial charge in [0, 0.05) is 11.2 Å². The van der Waals surface area contributed by atoms with Crippen LogP contribution in [0.3, 0.4) is 0 Å². The quantitative estimate of drug-likeness (QED) is 0.789. The number of halogens is 1. The minimum atomic E-state index is -3.61. The molecule has 0 atom stereocenters. The fourth-order valence-electron chi connectivity index (χ4n) is 1.83. The van der Waals surface area contributed by atoms with E-state index in [1.165, 1.54) is 0 Å². The van der Waals surface area contributed by atoms with Crippen LogP contribution >= 0.6 is 11.6 Å². The molecule has 0 aliphatic heterocycles. The molecule has 0 aliphatic carbocycles. The Morgan fingerprint density at radius 1 is 1.17 bits per heavy atom. The van der Waals surface area contributed by atoms with Gasteiger partial charge in [0.05, 0.1) is 24.5 Å². The third kappa shape index (κ3) is 6.35. The number of hydrogen-bond acceptors (Lipinski definition) is 4. The number of amides is 1. The van der Waals surface area contributed by atoms with Crippen LogP contribution < -0.4 is 10.0 Å². The van der Waals surface area contributed by atoms with Gasteiger partial charge in [-0.1, -0.05) is 29.8 Å². The van der Waals surface area contributed by atoms with Gasteiger partial charge >= 0.3 is 0 Å². The van der Waals surface area contributed by atoms with E-state index in [1.54, 1.807) is 42.6 Å². The van der Waals surface area contributed by atoms with Crippen molar-refractivity contribution < 1.29 is 13.2 Å². The van der Waals surface area contributed by atoms with E-state index in [0.717, 1.165) is 0 Å². The van der Waals surface area contributed by atoms with Gasteiger partial charge in [0.25, 0.3) is 0 Å². The van der Waals surface area contributed by atoms with Crippen molar-refractivity contribution >= 4 is 27.5 Å². The summed E-state index contributed by atoms with van der Waals surface area (Å²) >= 11 is 5.82. The molecule has 2 rings (SSSR count). The van der Waals surface area contributed by atoms with Crippen LogP contribution in [0.2, 0.25) is 5.02 Å². The predicted molar refractivity (Wildman–Crippen MR) is 88.2 cm³/mol. The third-order valence-corrected chi connectivity index (χ3v) is 4.42. The SMILES string of the molecule is O=C(CNS(=O)(=O)Cc1cccc(Cl)c1)NCc1ccccn1. The molecule has 0 saturated heterocycles. The van der Waals surface area contributed by atoms with E-state index in [-0.39, 0.29) is 18.8 Å². The summed E-state index contributed by atoms with van der Waals surface area (Å²) in [5.41, 5.74) is 1.25. The Balaban J connectivity index is 1.80.